The minimum absolute atomic E-state index is 0.0105. The molecule has 1 atom stereocenters. The van der Waals surface area contributed by atoms with E-state index in [2.05, 4.69) is 21.6 Å². The summed E-state index contributed by atoms with van der Waals surface area (Å²) in [5.74, 6) is -0.629. The number of carbonyl (C=O) groups excluding carboxylic acids is 1. The number of para-hydroxylation sites is 1. The van der Waals surface area contributed by atoms with Gasteiger partial charge in [-0.25, -0.2) is 5.14 Å². The van der Waals surface area contributed by atoms with Crippen molar-refractivity contribution in [1.29, 1.82) is 0 Å². The van der Waals surface area contributed by atoms with Crippen molar-refractivity contribution in [2.75, 3.05) is 19.4 Å². The zero-order valence-corrected chi connectivity index (χ0v) is 20.6. The third kappa shape index (κ3) is 6.98. The number of hydrogen-bond acceptors (Lipinski definition) is 6. The summed E-state index contributed by atoms with van der Waals surface area (Å²) in [7, 11) is -1.28. The molecular weight excluding hydrogens is 470 g/mol. The van der Waals surface area contributed by atoms with E-state index in [0.29, 0.717) is 10.8 Å². The molecule has 0 fully saturated rings. The normalized spacial score (nSPS) is 13.4. The smallest absolute Gasteiger partial charge is 0.319 e. The molecule has 33 heavy (non-hydrogen) atoms. The first-order valence-corrected chi connectivity index (χ1v) is 11.6. The number of nitrogens with zero attached hydrogens (tertiary/aromatic N) is 2. The van der Waals surface area contributed by atoms with Crippen molar-refractivity contribution in [3.05, 3.63) is 59.2 Å². The summed E-state index contributed by atoms with van der Waals surface area (Å²) in [5.41, 5.74) is -0.338. The number of phenols is 1. The van der Waals surface area contributed by atoms with E-state index < -0.39 is 33.3 Å². The lowest BCUT2D eigenvalue weighted by Gasteiger charge is -2.31. The quantitative estimate of drug-likeness (QED) is 0.260. The zero-order chi connectivity index (χ0) is 25.1. The molecule has 2 rings (SSSR count). The van der Waals surface area contributed by atoms with E-state index in [4.69, 9.17) is 21.2 Å². The highest BCUT2D eigenvalue weighted by molar-refractivity contribution is 7.88. The van der Waals surface area contributed by atoms with E-state index in [1.165, 1.54) is 43.5 Å². The number of amides is 1. The van der Waals surface area contributed by atoms with E-state index in [9.17, 15) is 18.3 Å². The Bertz CT molecular complexity index is 1180. The summed E-state index contributed by atoms with van der Waals surface area (Å²) in [5, 5.41) is 21.9. The predicted octanol–water partition coefficient (Wildman–Crippen LogP) is 3.25. The molecule has 1 aromatic heterocycles. The van der Waals surface area contributed by atoms with Crippen LogP contribution in [-0.4, -0.2) is 44.3 Å². The summed E-state index contributed by atoms with van der Waals surface area (Å²) < 4.78 is 32.6. The fourth-order valence-electron chi connectivity index (χ4n) is 2.90. The van der Waals surface area contributed by atoms with Crippen LogP contribution in [0.15, 0.2) is 51.6 Å². The van der Waals surface area contributed by atoms with Gasteiger partial charge in [-0.05, 0) is 17.5 Å². The lowest BCUT2D eigenvalue weighted by atomic mass is 9.85. The maximum atomic E-state index is 12.3. The Morgan fingerprint density at radius 1 is 1.33 bits per heavy atom. The molecule has 1 heterocycles. The van der Waals surface area contributed by atoms with Crippen molar-refractivity contribution in [1.82, 2.24) is 10.2 Å². The van der Waals surface area contributed by atoms with E-state index in [0.717, 1.165) is 0 Å². The highest BCUT2D eigenvalue weighted by Gasteiger charge is 2.30. The van der Waals surface area contributed by atoms with Gasteiger partial charge < -0.3 is 25.1 Å². The van der Waals surface area contributed by atoms with E-state index in [1.807, 2.05) is 20.8 Å². The topological polar surface area (TPSA) is 150 Å². The maximum absolute atomic E-state index is 12.3. The van der Waals surface area contributed by atoms with Gasteiger partial charge in [-0.2, -0.15) is 8.42 Å². The lowest BCUT2D eigenvalue weighted by Crippen LogP contribution is -2.36. The second-order valence-electron chi connectivity index (χ2n) is 8.57. The molecule has 1 amide bonds. The van der Waals surface area contributed by atoms with Crippen LogP contribution in [0.1, 0.15) is 42.9 Å². The number of carbonyl (C=O) groups is 1. The van der Waals surface area contributed by atoms with Crippen LogP contribution in [0, 0.1) is 5.41 Å². The molecule has 1 aromatic carbocycles. The van der Waals surface area contributed by atoms with Gasteiger partial charge in [-0.3, -0.25) is 4.79 Å². The summed E-state index contributed by atoms with van der Waals surface area (Å²) >= 11 is 5.99. The Morgan fingerprint density at radius 3 is 2.45 bits per heavy atom. The van der Waals surface area contributed by atoms with E-state index in [1.54, 1.807) is 6.07 Å². The van der Waals surface area contributed by atoms with Gasteiger partial charge in [0, 0.05) is 20.2 Å². The Balaban J connectivity index is 2.46. The molecule has 5 N–H and O–H groups in total. The van der Waals surface area contributed by atoms with Crippen molar-refractivity contribution in [3.63, 3.8) is 0 Å². The molecule has 0 unspecified atom stereocenters. The van der Waals surface area contributed by atoms with Gasteiger partial charge in [-0.15, -0.1) is 4.40 Å². The number of rotatable bonds is 7. The molecule has 0 aliphatic carbocycles. The summed E-state index contributed by atoms with van der Waals surface area (Å²) in [4.78, 5) is 13.6. The number of halogens is 1. The van der Waals surface area contributed by atoms with Crippen LogP contribution in [0.5, 0.6) is 5.75 Å². The summed E-state index contributed by atoms with van der Waals surface area (Å²) in [6.45, 7) is 9.67. The van der Waals surface area contributed by atoms with Crippen molar-refractivity contribution < 1.29 is 22.7 Å². The Kier molecular flexibility index (Phi) is 7.83. The number of nitrogens with one attached hydrogen (secondary N) is 2. The average molecular weight is 498 g/mol. The third-order valence-corrected chi connectivity index (χ3v) is 5.12. The molecular formula is C21H28ClN5O5S. The number of benzene rings is 1. The SMILES string of the molecule is C=C(N[C@@H](c1cc(Cl)co1)C(C)(C)C)/C(=N\S(N)(=O)=O)Nc1cccc(C(=O)N(C)C)c1O. The maximum Gasteiger partial charge on any atom is 0.319 e. The molecule has 0 saturated heterocycles. The van der Waals surface area contributed by atoms with Crippen LogP contribution >= 0.6 is 11.6 Å². The molecule has 0 radical (unpaired) electrons. The zero-order valence-electron chi connectivity index (χ0n) is 19.0. The monoisotopic (exact) mass is 497 g/mol. The molecule has 10 nitrogen and oxygen atoms in total. The van der Waals surface area contributed by atoms with Crippen molar-refractivity contribution in [2.24, 2.45) is 15.0 Å². The minimum Gasteiger partial charge on any atom is -0.505 e. The highest BCUT2D eigenvalue weighted by Crippen LogP contribution is 2.35. The Labute approximate surface area is 198 Å². The lowest BCUT2D eigenvalue weighted by molar-refractivity contribution is 0.0824. The van der Waals surface area contributed by atoms with Gasteiger partial charge in [-0.1, -0.05) is 45.0 Å². The second kappa shape index (κ2) is 9.86. The number of amidine groups is 1. The average Bonchev–Trinajstić information content (AvgIpc) is 3.10. The van der Waals surface area contributed by atoms with Gasteiger partial charge in [0.25, 0.3) is 5.91 Å². The molecule has 0 spiro atoms. The van der Waals surface area contributed by atoms with Gasteiger partial charge >= 0.3 is 10.2 Å². The van der Waals surface area contributed by atoms with Crippen LogP contribution in [0.3, 0.4) is 0 Å². The molecule has 0 saturated carbocycles. The first-order chi connectivity index (χ1) is 15.1. The minimum atomic E-state index is -4.35. The molecule has 0 aliphatic heterocycles. The number of anilines is 1. The van der Waals surface area contributed by atoms with Crippen LogP contribution < -0.4 is 15.8 Å². The first-order valence-electron chi connectivity index (χ1n) is 9.73. The Hall–Kier alpha value is -3.02. The molecule has 0 aliphatic rings. The number of phenolic OH excluding ortho intramolecular Hbond substituents is 1. The van der Waals surface area contributed by atoms with Crippen LogP contribution in [0.25, 0.3) is 0 Å². The van der Waals surface area contributed by atoms with Crippen molar-refractivity contribution in [2.45, 2.75) is 26.8 Å². The molecule has 0 bridgehead atoms. The van der Waals surface area contributed by atoms with E-state index in [-0.39, 0.29) is 22.8 Å². The fourth-order valence-corrected chi connectivity index (χ4v) is 3.47. The number of nitrogens with two attached hydrogens (primary N) is 1. The molecule has 2 aromatic rings. The first kappa shape index (κ1) is 26.2. The van der Waals surface area contributed by atoms with Gasteiger partial charge in [0.15, 0.2) is 11.6 Å². The number of furan rings is 1. The van der Waals surface area contributed by atoms with Gasteiger partial charge in [0.05, 0.1) is 28.0 Å². The number of hydrogen-bond donors (Lipinski definition) is 4. The van der Waals surface area contributed by atoms with Gasteiger partial charge in [0.2, 0.25) is 0 Å². The molecule has 180 valence electrons. The van der Waals surface area contributed by atoms with Crippen LogP contribution in [0.2, 0.25) is 5.02 Å². The number of aromatic hydroxyl groups is 1. The van der Waals surface area contributed by atoms with Crippen LogP contribution in [0.4, 0.5) is 5.69 Å². The predicted molar refractivity (Wildman–Crippen MR) is 128 cm³/mol. The summed E-state index contributed by atoms with van der Waals surface area (Å²) in [6, 6.07) is 5.54. The second-order valence-corrected chi connectivity index (χ2v) is 10.2. The van der Waals surface area contributed by atoms with Gasteiger partial charge in [0.1, 0.15) is 12.0 Å². The van der Waals surface area contributed by atoms with Crippen molar-refractivity contribution >= 4 is 39.2 Å². The standard InChI is InChI=1S/C21H28ClN5O5S/c1-12(24-18(21(2,3)4)16-10-13(22)11-32-16)19(26-33(23,30)31)25-15-9-7-8-14(17(15)28)20(29)27(5)6/h7-11,18,24,28H,1H2,2-6H3,(H,25,26)(H2,23,30,31)/t18-/m0/s1. The fraction of sp³-hybridized carbons (Fsp3) is 0.333. The third-order valence-electron chi connectivity index (χ3n) is 4.49. The molecule has 12 heteroatoms. The van der Waals surface area contributed by atoms with Crippen LogP contribution in [-0.2, 0) is 10.2 Å². The Morgan fingerprint density at radius 2 is 1.97 bits per heavy atom. The van der Waals surface area contributed by atoms with Crippen molar-refractivity contribution in [3.8, 4) is 5.75 Å². The van der Waals surface area contributed by atoms with E-state index >= 15 is 0 Å². The summed E-state index contributed by atoms with van der Waals surface area (Å²) in [6.07, 6.45) is 1.38. The highest BCUT2D eigenvalue weighted by atomic mass is 35.5. The largest absolute Gasteiger partial charge is 0.505 e.